The molecule has 0 N–H and O–H groups in total. The third kappa shape index (κ3) is 3.53. The zero-order valence-electron chi connectivity index (χ0n) is 10.7. The van der Waals surface area contributed by atoms with Gasteiger partial charge in [0.25, 0.3) is 0 Å². The second kappa shape index (κ2) is 6.12. The zero-order chi connectivity index (χ0) is 12.8. The Hall–Kier alpha value is -1.94. The summed E-state index contributed by atoms with van der Waals surface area (Å²) < 4.78 is 5.54. The lowest BCUT2D eigenvalue weighted by Crippen LogP contribution is -2.19. The number of pyridine rings is 2. The molecule has 4 nitrogen and oxygen atoms in total. The molecule has 0 saturated heterocycles. The van der Waals surface area contributed by atoms with E-state index >= 15 is 0 Å². The van der Waals surface area contributed by atoms with E-state index in [4.69, 9.17) is 4.74 Å². The average molecular weight is 243 g/mol. The van der Waals surface area contributed by atoms with Crippen molar-refractivity contribution in [3.8, 4) is 17.0 Å². The molecule has 0 amide bonds. The highest BCUT2D eigenvalue weighted by Gasteiger charge is 2.00. The first kappa shape index (κ1) is 12.5. The van der Waals surface area contributed by atoms with E-state index in [2.05, 4.69) is 14.9 Å². The van der Waals surface area contributed by atoms with Crippen molar-refractivity contribution in [3.63, 3.8) is 0 Å². The van der Waals surface area contributed by atoms with Crippen LogP contribution in [0.15, 0.2) is 42.9 Å². The van der Waals surface area contributed by atoms with Crippen LogP contribution in [0.25, 0.3) is 11.1 Å². The number of hydrogen-bond donors (Lipinski definition) is 0. The Bertz CT molecular complexity index is 468. The minimum absolute atomic E-state index is 0.645. The van der Waals surface area contributed by atoms with Crippen molar-refractivity contribution in [1.29, 1.82) is 0 Å². The standard InChI is InChI=1S/C14H17N3O/c1-17(2)8-9-18-14-6-5-13(11-16-14)12-4-3-7-15-10-12/h3-7,10-11H,8-9H2,1-2H3. The maximum atomic E-state index is 5.54. The van der Waals surface area contributed by atoms with Gasteiger partial charge in [-0.1, -0.05) is 6.07 Å². The van der Waals surface area contributed by atoms with E-state index in [0.29, 0.717) is 12.5 Å². The molecule has 4 heteroatoms. The summed E-state index contributed by atoms with van der Waals surface area (Å²) in [5.41, 5.74) is 2.10. The van der Waals surface area contributed by atoms with Crippen molar-refractivity contribution in [2.45, 2.75) is 0 Å². The topological polar surface area (TPSA) is 38.2 Å². The van der Waals surface area contributed by atoms with E-state index in [9.17, 15) is 0 Å². The number of nitrogens with zero attached hydrogens (tertiary/aromatic N) is 3. The lowest BCUT2D eigenvalue weighted by molar-refractivity contribution is 0.254. The fourth-order valence-electron chi connectivity index (χ4n) is 1.50. The van der Waals surface area contributed by atoms with E-state index in [1.807, 2.05) is 50.8 Å². The summed E-state index contributed by atoms with van der Waals surface area (Å²) in [4.78, 5) is 10.4. The molecule has 0 atom stereocenters. The van der Waals surface area contributed by atoms with Gasteiger partial charge in [-0.3, -0.25) is 4.98 Å². The van der Waals surface area contributed by atoms with Gasteiger partial charge in [0.2, 0.25) is 5.88 Å². The van der Waals surface area contributed by atoms with Crippen LogP contribution in [0.1, 0.15) is 0 Å². The second-order valence-corrected chi connectivity index (χ2v) is 4.28. The fraction of sp³-hybridized carbons (Fsp3) is 0.286. The second-order valence-electron chi connectivity index (χ2n) is 4.28. The largest absolute Gasteiger partial charge is 0.476 e. The molecule has 94 valence electrons. The Balaban J connectivity index is 1.98. The first-order chi connectivity index (χ1) is 8.75. The average Bonchev–Trinajstić information content (AvgIpc) is 2.40. The van der Waals surface area contributed by atoms with Crippen molar-refractivity contribution < 1.29 is 4.74 Å². The molecule has 0 aromatic carbocycles. The van der Waals surface area contributed by atoms with Crippen LogP contribution in [-0.4, -0.2) is 42.1 Å². The van der Waals surface area contributed by atoms with Crippen LogP contribution in [0, 0.1) is 0 Å². The lowest BCUT2D eigenvalue weighted by atomic mass is 10.1. The Morgan fingerprint density at radius 2 is 1.94 bits per heavy atom. The molecular formula is C14H17N3O. The SMILES string of the molecule is CN(C)CCOc1ccc(-c2cccnc2)cn1. The summed E-state index contributed by atoms with van der Waals surface area (Å²) in [5, 5.41) is 0. The molecule has 2 aromatic rings. The summed E-state index contributed by atoms with van der Waals surface area (Å²) in [5.74, 6) is 0.657. The molecule has 0 aliphatic rings. The highest BCUT2D eigenvalue weighted by Crippen LogP contribution is 2.18. The third-order valence-electron chi connectivity index (χ3n) is 2.52. The Morgan fingerprint density at radius 3 is 2.56 bits per heavy atom. The first-order valence-corrected chi connectivity index (χ1v) is 5.90. The lowest BCUT2D eigenvalue weighted by Gasteiger charge is -2.10. The minimum Gasteiger partial charge on any atom is -0.476 e. The maximum absolute atomic E-state index is 5.54. The zero-order valence-corrected chi connectivity index (χ0v) is 10.7. The van der Waals surface area contributed by atoms with Gasteiger partial charge in [-0.05, 0) is 26.2 Å². The van der Waals surface area contributed by atoms with Crippen molar-refractivity contribution in [1.82, 2.24) is 14.9 Å². The van der Waals surface area contributed by atoms with Gasteiger partial charge in [0.05, 0.1) is 0 Å². The molecule has 2 rings (SSSR count). The van der Waals surface area contributed by atoms with Gasteiger partial charge >= 0.3 is 0 Å². The Morgan fingerprint density at radius 1 is 1.11 bits per heavy atom. The van der Waals surface area contributed by atoms with Crippen LogP contribution in [0.5, 0.6) is 5.88 Å². The van der Waals surface area contributed by atoms with Crippen LogP contribution < -0.4 is 4.74 Å². The van der Waals surface area contributed by atoms with Gasteiger partial charge in [0, 0.05) is 42.3 Å². The fourth-order valence-corrected chi connectivity index (χ4v) is 1.50. The minimum atomic E-state index is 0.645. The summed E-state index contributed by atoms with van der Waals surface area (Å²) in [7, 11) is 4.03. The van der Waals surface area contributed by atoms with Gasteiger partial charge in [0.1, 0.15) is 6.61 Å². The van der Waals surface area contributed by atoms with E-state index in [-0.39, 0.29) is 0 Å². The number of likely N-dealkylation sites (N-methyl/N-ethyl adjacent to an activating group) is 1. The molecule has 0 saturated carbocycles. The normalized spacial score (nSPS) is 10.6. The van der Waals surface area contributed by atoms with Crippen molar-refractivity contribution in [2.75, 3.05) is 27.2 Å². The van der Waals surface area contributed by atoms with Gasteiger partial charge in [-0.15, -0.1) is 0 Å². The number of ether oxygens (including phenoxy) is 1. The summed E-state index contributed by atoms with van der Waals surface area (Å²) in [6.07, 6.45) is 5.39. The van der Waals surface area contributed by atoms with Crippen molar-refractivity contribution in [3.05, 3.63) is 42.9 Å². The van der Waals surface area contributed by atoms with E-state index < -0.39 is 0 Å². The predicted octanol–water partition coefficient (Wildman–Crippen LogP) is 2.08. The molecule has 2 heterocycles. The summed E-state index contributed by atoms with van der Waals surface area (Å²) >= 11 is 0. The molecule has 0 bridgehead atoms. The molecule has 0 fully saturated rings. The van der Waals surface area contributed by atoms with Crippen molar-refractivity contribution in [2.24, 2.45) is 0 Å². The summed E-state index contributed by atoms with van der Waals surface area (Å²) in [6, 6.07) is 7.81. The highest BCUT2D eigenvalue weighted by molar-refractivity contribution is 5.61. The molecule has 0 aliphatic carbocycles. The molecule has 0 radical (unpaired) electrons. The number of rotatable bonds is 5. The quantitative estimate of drug-likeness (QED) is 0.806. The van der Waals surface area contributed by atoms with E-state index in [0.717, 1.165) is 17.7 Å². The first-order valence-electron chi connectivity index (χ1n) is 5.90. The monoisotopic (exact) mass is 243 g/mol. The molecule has 0 unspecified atom stereocenters. The number of hydrogen-bond acceptors (Lipinski definition) is 4. The smallest absolute Gasteiger partial charge is 0.213 e. The highest BCUT2D eigenvalue weighted by atomic mass is 16.5. The van der Waals surface area contributed by atoms with Crippen LogP contribution in [0.3, 0.4) is 0 Å². The maximum Gasteiger partial charge on any atom is 0.213 e. The molecular weight excluding hydrogens is 226 g/mol. The van der Waals surface area contributed by atoms with Crippen LogP contribution in [0.2, 0.25) is 0 Å². The van der Waals surface area contributed by atoms with E-state index in [1.54, 1.807) is 6.20 Å². The van der Waals surface area contributed by atoms with Gasteiger partial charge in [-0.25, -0.2) is 4.98 Å². The Kier molecular flexibility index (Phi) is 4.25. The summed E-state index contributed by atoms with van der Waals surface area (Å²) in [6.45, 7) is 1.53. The van der Waals surface area contributed by atoms with Crippen LogP contribution in [-0.2, 0) is 0 Å². The van der Waals surface area contributed by atoms with Crippen LogP contribution in [0.4, 0.5) is 0 Å². The molecule has 2 aromatic heterocycles. The van der Waals surface area contributed by atoms with Gasteiger partial charge in [0.15, 0.2) is 0 Å². The van der Waals surface area contributed by atoms with Gasteiger partial charge in [-0.2, -0.15) is 0 Å². The molecule has 0 aliphatic heterocycles. The van der Waals surface area contributed by atoms with Crippen LogP contribution >= 0.6 is 0 Å². The van der Waals surface area contributed by atoms with E-state index in [1.165, 1.54) is 0 Å². The van der Waals surface area contributed by atoms with Crippen molar-refractivity contribution >= 4 is 0 Å². The Labute approximate surface area is 107 Å². The predicted molar refractivity (Wildman–Crippen MR) is 71.5 cm³/mol. The third-order valence-corrected chi connectivity index (χ3v) is 2.52. The van der Waals surface area contributed by atoms with Gasteiger partial charge < -0.3 is 9.64 Å². The molecule has 0 spiro atoms. The molecule has 18 heavy (non-hydrogen) atoms. The number of aromatic nitrogens is 2.